The number of methoxy groups -OCH3 is 1. The topological polar surface area (TPSA) is 51.5 Å². The van der Waals surface area contributed by atoms with E-state index in [4.69, 9.17) is 9.15 Å². The standard InChI is InChI=1S/C18H19NO3S/c1-12(19-17(20)7-6-13-8-9-23-11-13)16-10-14-4-3-5-15(21-2)18(14)22-16/h3-5,8-12H,6-7H2,1-2H3,(H,19,20). The third kappa shape index (κ3) is 3.56. The summed E-state index contributed by atoms with van der Waals surface area (Å²) in [6, 6.07) is 9.57. The minimum Gasteiger partial charge on any atom is -0.493 e. The van der Waals surface area contributed by atoms with Crippen LogP contribution in [0.5, 0.6) is 5.75 Å². The number of amides is 1. The third-order valence-corrected chi connectivity index (χ3v) is 4.50. The monoisotopic (exact) mass is 329 g/mol. The van der Waals surface area contributed by atoms with Gasteiger partial charge >= 0.3 is 0 Å². The van der Waals surface area contributed by atoms with Crippen molar-refractivity contribution in [2.24, 2.45) is 0 Å². The quantitative estimate of drug-likeness (QED) is 0.733. The van der Waals surface area contributed by atoms with Gasteiger partial charge in [-0.25, -0.2) is 0 Å². The summed E-state index contributed by atoms with van der Waals surface area (Å²) < 4.78 is 11.2. The van der Waals surface area contributed by atoms with Gasteiger partial charge in [-0.1, -0.05) is 12.1 Å². The summed E-state index contributed by atoms with van der Waals surface area (Å²) in [7, 11) is 1.62. The Kier molecular flexibility index (Phi) is 4.67. The second kappa shape index (κ2) is 6.87. The summed E-state index contributed by atoms with van der Waals surface area (Å²) in [4.78, 5) is 12.1. The molecule has 0 saturated heterocycles. The number of carbonyl (C=O) groups is 1. The number of nitrogens with one attached hydrogen (secondary N) is 1. The van der Waals surface area contributed by atoms with E-state index in [-0.39, 0.29) is 11.9 Å². The van der Waals surface area contributed by atoms with Crippen molar-refractivity contribution in [1.82, 2.24) is 5.32 Å². The molecule has 4 nitrogen and oxygen atoms in total. The second-order valence-electron chi connectivity index (χ2n) is 5.45. The summed E-state index contributed by atoms with van der Waals surface area (Å²) in [5.41, 5.74) is 1.91. The molecule has 0 radical (unpaired) electrons. The molecule has 0 saturated carbocycles. The summed E-state index contributed by atoms with van der Waals surface area (Å²) in [5.74, 6) is 1.45. The molecule has 1 aromatic carbocycles. The Morgan fingerprint density at radius 2 is 2.26 bits per heavy atom. The molecule has 1 N–H and O–H groups in total. The Balaban J connectivity index is 1.65. The predicted octanol–water partition coefficient (Wildman–Crippen LogP) is 4.31. The smallest absolute Gasteiger partial charge is 0.220 e. The normalized spacial score (nSPS) is 12.3. The fourth-order valence-electron chi connectivity index (χ4n) is 2.51. The molecule has 0 bridgehead atoms. The molecule has 23 heavy (non-hydrogen) atoms. The van der Waals surface area contributed by atoms with Gasteiger partial charge in [0.2, 0.25) is 5.91 Å². The number of rotatable bonds is 6. The van der Waals surface area contributed by atoms with Crippen LogP contribution in [0.25, 0.3) is 11.0 Å². The van der Waals surface area contributed by atoms with E-state index in [1.165, 1.54) is 5.56 Å². The van der Waals surface area contributed by atoms with Crippen LogP contribution >= 0.6 is 11.3 Å². The first-order valence-electron chi connectivity index (χ1n) is 7.54. The Morgan fingerprint density at radius 1 is 1.39 bits per heavy atom. The summed E-state index contributed by atoms with van der Waals surface area (Å²) in [6.07, 6.45) is 1.24. The van der Waals surface area contributed by atoms with Gasteiger partial charge in [0, 0.05) is 11.8 Å². The van der Waals surface area contributed by atoms with Gasteiger partial charge in [0.05, 0.1) is 13.2 Å². The molecule has 0 fully saturated rings. The molecule has 1 atom stereocenters. The Labute approximate surface area is 139 Å². The van der Waals surface area contributed by atoms with E-state index in [1.807, 2.05) is 42.6 Å². The molecule has 1 amide bonds. The fraction of sp³-hybridized carbons (Fsp3) is 0.278. The van der Waals surface area contributed by atoms with Crippen LogP contribution in [0.4, 0.5) is 0 Å². The highest BCUT2D eigenvalue weighted by Gasteiger charge is 2.16. The molecule has 2 heterocycles. The van der Waals surface area contributed by atoms with Crippen LogP contribution in [0.1, 0.15) is 30.7 Å². The van der Waals surface area contributed by atoms with Crippen molar-refractivity contribution in [2.45, 2.75) is 25.8 Å². The number of thiophene rings is 1. The van der Waals surface area contributed by atoms with E-state index in [2.05, 4.69) is 10.7 Å². The molecule has 5 heteroatoms. The van der Waals surface area contributed by atoms with Gasteiger partial charge < -0.3 is 14.5 Å². The van der Waals surface area contributed by atoms with Gasteiger partial charge in [-0.2, -0.15) is 11.3 Å². The molecule has 0 aliphatic heterocycles. The maximum absolute atomic E-state index is 12.1. The molecule has 0 aliphatic rings. The number of ether oxygens (including phenoxy) is 1. The van der Waals surface area contributed by atoms with E-state index in [0.717, 1.165) is 17.6 Å². The first-order valence-corrected chi connectivity index (χ1v) is 8.48. The fourth-order valence-corrected chi connectivity index (χ4v) is 3.21. The van der Waals surface area contributed by atoms with Gasteiger partial charge in [0.1, 0.15) is 5.76 Å². The van der Waals surface area contributed by atoms with E-state index in [1.54, 1.807) is 18.4 Å². The summed E-state index contributed by atoms with van der Waals surface area (Å²) >= 11 is 1.65. The third-order valence-electron chi connectivity index (χ3n) is 3.77. The van der Waals surface area contributed by atoms with Gasteiger partial charge in [-0.05, 0) is 47.9 Å². The molecule has 1 unspecified atom stereocenters. The number of para-hydroxylation sites is 1. The van der Waals surface area contributed by atoms with Crippen molar-refractivity contribution < 1.29 is 13.9 Å². The zero-order valence-corrected chi connectivity index (χ0v) is 14.0. The highest BCUT2D eigenvalue weighted by molar-refractivity contribution is 7.07. The van der Waals surface area contributed by atoms with Gasteiger partial charge in [0.25, 0.3) is 0 Å². The minimum absolute atomic E-state index is 0.0242. The van der Waals surface area contributed by atoms with Crippen molar-refractivity contribution in [1.29, 1.82) is 0 Å². The van der Waals surface area contributed by atoms with Crippen LogP contribution in [0.2, 0.25) is 0 Å². The first kappa shape index (κ1) is 15.6. The van der Waals surface area contributed by atoms with Crippen LogP contribution in [-0.4, -0.2) is 13.0 Å². The Bertz CT molecular complexity index is 792. The van der Waals surface area contributed by atoms with E-state index in [9.17, 15) is 4.79 Å². The Morgan fingerprint density at radius 3 is 3.00 bits per heavy atom. The number of benzene rings is 1. The predicted molar refractivity (Wildman–Crippen MR) is 92.0 cm³/mol. The molecule has 2 aromatic heterocycles. The molecule has 0 spiro atoms. The largest absolute Gasteiger partial charge is 0.493 e. The lowest BCUT2D eigenvalue weighted by atomic mass is 10.1. The molecule has 3 rings (SSSR count). The van der Waals surface area contributed by atoms with E-state index < -0.39 is 0 Å². The average molecular weight is 329 g/mol. The summed E-state index contributed by atoms with van der Waals surface area (Å²) in [6.45, 7) is 1.92. The number of hydrogen-bond acceptors (Lipinski definition) is 4. The number of fused-ring (bicyclic) bond motifs is 1. The number of carbonyl (C=O) groups excluding carboxylic acids is 1. The molecular formula is C18H19NO3S. The lowest BCUT2D eigenvalue weighted by Gasteiger charge is -2.11. The lowest BCUT2D eigenvalue weighted by Crippen LogP contribution is -2.26. The maximum Gasteiger partial charge on any atom is 0.220 e. The maximum atomic E-state index is 12.1. The van der Waals surface area contributed by atoms with Crippen LogP contribution < -0.4 is 10.1 Å². The number of hydrogen-bond donors (Lipinski definition) is 1. The van der Waals surface area contributed by atoms with E-state index in [0.29, 0.717) is 17.8 Å². The molecule has 3 aromatic rings. The highest BCUT2D eigenvalue weighted by atomic mass is 32.1. The second-order valence-corrected chi connectivity index (χ2v) is 6.23. The summed E-state index contributed by atoms with van der Waals surface area (Å²) in [5, 5.41) is 8.06. The number of aryl methyl sites for hydroxylation is 1. The van der Waals surface area contributed by atoms with Gasteiger partial charge in [-0.15, -0.1) is 0 Å². The first-order chi connectivity index (χ1) is 11.2. The highest BCUT2D eigenvalue weighted by Crippen LogP contribution is 2.30. The molecule has 0 aliphatic carbocycles. The zero-order chi connectivity index (χ0) is 16.2. The van der Waals surface area contributed by atoms with Crippen molar-refractivity contribution >= 4 is 28.2 Å². The van der Waals surface area contributed by atoms with Crippen LogP contribution in [-0.2, 0) is 11.2 Å². The van der Waals surface area contributed by atoms with Crippen LogP contribution in [0.15, 0.2) is 45.5 Å². The van der Waals surface area contributed by atoms with E-state index >= 15 is 0 Å². The van der Waals surface area contributed by atoms with Crippen molar-refractivity contribution in [3.8, 4) is 5.75 Å². The van der Waals surface area contributed by atoms with Crippen LogP contribution in [0.3, 0.4) is 0 Å². The minimum atomic E-state index is -0.179. The van der Waals surface area contributed by atoms with Crippen molar-refractivity contribution in [3.63, 3.8) is 0 Å². The van der Waals surface area contributed by atoms with Gasteiger partial charge in [-0.3, -0.25) is 4.79 Å². The Hall–Kier alpha value is -2.27. The van der Waals surface area contributed by atoms with Crippen LogP contribution in [0, 0.1) is 0 Å². The number of furan rings is 1. The lowest BCUT2D eigenvalue weighted by molar-refractivity contribution is -0.121. The zero-order valence-electron chi connectivity index (χ0n) is 13.2. The average Bonchev–Trinajstić information content (AvgIpc) is 3.21. The molecule has 120 valence electrons. The molecular weight excluding hydrogens is 310 g/mol. The van der Waals surface area contributed by atoms with Crippen molar-refractivity contribution in [2.75, 3.05) is 7.11 Å². The SMILES string of the molecule is COc1cccc2cc(C(C)NC(=O)CCc3ccsc3)oc12. The van der Waals surface area contributed by atoms with Crippen molar-refractivity contribution in [3.05, 3.63) is 52.4 Å². The van der Waals surface area contributed by atoms with Gasteiger partial charge in [0.15, 0.2) is 11.3 Å².